The third-order valence-corrected chi connectivity index (χ3v) is 5.14. The van der Waals surface area contributed by atoms with E-state index in [1.807, 2.05) is 31.2 Å². The van der Waals surface area contributed by atoms with Gasteiger partial charge >= 0.3 is 0 Å². The minimum atomic E-state index is -0.467. The van der Waals surface area contributed by atoms with Crippen LogP contribution >= 0.6 is 0 Å². The predicted octanol–water partition coefficient (Wildman–Crippen LogP) is 3.11. The molecule has 0 spiro atoms. The summed E-state index contributed by atoms with van der Waals surface area (Å²) in [5, 5.41) is 3.06. The number of nitrogens with zero attached hydrogens (tertiary/aromatic N) is 1. The Hall–Kier alpha value is -2.89. The van der Waals surface area contributed by atoms with Crippen LogP contribution in [0.3, 0.4) is 0 Å². The highest BCUT2D eigenvalue weighted by Gasteiger charge is 2.24. The summed E-state index contributed by atoms with van der Waals surface area (Å²) >= 11 is 0. The smallest absolute Gasteiger partial charge is 0.251 e. The molecule has 0 saturated carbocycles. The summed E-state index contributed by atoms with van der Waals surface area (Å²) in [6, 6.07) is 12.1. The van der Waals surface area contributed by atoms with Crippen LogP contribution in [0.5, 0.6) is 5.75 Å². The van der Waals surface area contributed by atoms with Crippen molar-refractivity contribution in [3.63, 3.8) is 0 Å². The summed E-state index contributed by atoms with van der Waals surface area (Å²) in [5.74, 6) is -0.406. The first-order valence-corrected chi connectivity index (χ1v) is 9.44. The fourth-order valence-electron chi connectivity index (χ4n) is 3.47. The fourth-order valence-corrected chi connectivity index (χ4v) is 3.47. The molecule has 1 saturated heterocycles. The van der Waals surface area contributed by atoms with E-state index >= 15 is 0 Å². The minimum Gasteiger partial charge on any atom is -0.494 e. The van der Waals surface area contributed by atoms with Gasteiger partial charge in [-0.3, -0.25) is 9.59 Å². The van der Waals surface area contributed by atoms with E-state index in [2.05, 4.69) is 5.32 Å². The monoisotopic (exact) mass is 384 g/mol. The summed E-state index contributed by atoms with van der Waals surface area (Å²) in [4.78, 5) is 26.7. The largest absolute Gasteiger partial charge is 0.494 e. The molecule has 6 heteroatoms. The van der Waals surface area contributed by atoms with Crippen molar-refractivity contribution >= 4 is 11.8 Å². The number of methoxy groups -OCH3 is 1. The third kappa shape index (κ3) is 4.68. The van der Waals surface area contributed by atoms with Crippen LogP contribution in [-0.4, -0.2) is 43.0 Å². The lowest BCUT2D eigenvalue weighted by Crippen LogP contribution is -2.47. The highest BCUT2D eigenvalue weighted by molar-refractivity contribution is 5.95. The second kappa shape index (κ2) is 8.87. The zero-order chi connectivity index (χ0) is 20.1. The molecule has 0 bridgehead atoms. The SMILES string of the molecule is COc1ccc(CC(=O)N2CCC(NC(=O)c3ccccc3C)CC2)cc1F. The molecule has 5 nitrogen and oxygen atoms in total. The normalized spacial score (nSPS) is 14.6. The Morgan fingerprint density at radius 2 is 1.89 bits per heavy atom. The molecule has 148 valence electrons. The van der Waals surface area contributed by atoms with Gasteiger partial charge in [0.1, 0.15) is 0 Å². The lowest BCUT2D eigenvalue weighted by Gasteiger charge is -2.32. The van der Waals surface area contributed by atoms with Crippen LogP contribution in [0.15, 0.2) is 42.5 Å². The number of piperidine rings is 1. The molecular weight excluding hydrogens is 359 g/mol. The van der Waals surface area contributed by atoms with Gasteiger partial charge in [-0.2, -0.15) is 0 Å². The summed E-state index contributed by atoms with van der Waals surface area (Å²) in [6.07, 6.45) is 1.57. The molecule has 28 heavy (non-hydrogen) atoms. The van der Waals surface area contributed by atoms with Gasteiger partial charge in [-0.05, 0) is 49.1 Å². The zero-order valence-corrected chi connectivity index (χ0v) is 16.2. The average Bonchev–Trinajstić information content (AvgIpc) is 2.69. The van der Waals surface area contributed by atoms with E-state index in [0.29, 0.717) is 37.1 Å². The number of nitrogens with one attached hydrogen (secondary N) is 1. The quantitative estimate of drug-likeness (QED) is 0.862. The second-order valence-electron chi connectivity index (χ2n) is 7.09. The first kappa shape index (κ1) is 19.9. The fraction of sp³-hybridized carbons (Fsp3) is 0.364. The number of hydrogen-bond donors (Lipinski definition) is 1. The summed E-state index contributed by atoms with van der Waals surface area (Å²) in [7, 11) is 1.41. The Bertz CT molecular complexity index is 861. The van der Waals surface area contributed by atoms with Crippen LogP contribution in [-0.2, 0) is 11.2 Å². The van der Waals surface area contributed by atoms with Gasteiger partial charge in [0.2, 0.25) is 5.91 Å². The highest BCUT2D eigenvalue weighted by Crippen LogP contribution is 2.19. The van der Waals surface area contributed by atoms with Gasteiger partial charge in [0.25, 0.3) is 5.91 Å². The molecule has 2 aromatic rings. The standard InChI is InChI=1S/C22H25FN2O3/c1-15-5-3-4-6-18(15)22(27)24-17-9-11-25(12-10-17)21(26)14-16-7-8-20(28-2)19(23)13-16/h3-8,13,17H,9-12,14H2,1-2H3,(H,24,27). The maximum Gasteiger partial charge on any atom is 0.251 e. The van der Waals surface area contributed by atoms with Crippen LogP contribution in [0.1, 0.15) is 34.3 Å². The average molecular weight is 384 g/mol. The van der Waals surface area contributed by atoms with E-state index in [1.165, 1.54) is 19.2 Å². The molecule has 0 aromatic heterocycles. The summed E-state index contributed by atoms with van der Waals surface area (Å²) in [5.41, 5.74) is 2.25. The number of amides is 2. The van der Waals surface area contributed by atoms with Crippen molar-refractivity contribution in [2.24, 2.45) is 0 Å². The molecule has 1 aliphatic heterocycles. The van der Waals surface area contributed by atoms with Gasteiger partial charge < -0.3 is 15.0 Å². The number of hydrogen-bond acceptors (Lipinski definition) is 3. The molecule has 0 radical (unpaired) electrons. The number of halogens is 1. The molecule has 1 aliphatic rings. The molecule has 0 unspecified atom stereocenters. The van der Waals surface area contributed by atoms with Crippen molar-refractivity contribution in [3.05, 3.63) is 65.0 Å². The number of aryl methyl sites for hydroxylation is 1. The number of likely N-dealkylation sites (tertiary alicyclic amines) is 1. The number of ether oxygens (including phenoxy) is 1. The number of carbonyl (C=O) groups excluding carboxylic acids is 2. The second-order valence-corrected chi connectivity index (χ2v) is 7.09. The Morgan fingerprint density at radius 1 is 1.18 bits per heavy atom. The van der Waals surface area contributed by atoms with E-state index in [4.69, 9.17) is 4.74 Å². The van der Waals surface area contributed by atoms with Gasteiger partial charge in [0.15, 0.2) is 11.6 Å². The Labute approximate surface area is 164 Å². The number of benzene rings is 2. The first-order valence-electron chi connectivity index (χ1n) is 9.44. The van der Waals surface area contributed by atoms with E-state index < -0.39 is 5.82 Å². The van der Waals surface area contributed by atoms with Crippen LogP contribution in [0.25, 0.3) is 0 Å². The number of carbonyl (C=O) groups is 2. The van der Waals surface area contributed by atoms with E-state index in [9.17, 15) is 14.0 Å². The molecule has 1 N–H and O–H groups in total. The van der Waals surface area contributed by atoms with Crippen LogP contribution in [0, 0.1) is 12.7 Å². The van der Waals surface area contributed by atoms with Gasteiger partial charge in [0, 0.05) is 24.7 Å². The molecular formula is C22H25FN2O3. The third-order valence-electron chi connectivity index (χ3n) is 5.14. The van der Waals surface area contributed by atoms with Crippen molar-refractivity contribution < 1.29 is 18.7 Å². The lowest BCUT2D eigenvalue weighted by molar-refractivity contribution is -0.131. The molecule has 1 fully saturated rings. The van der Waals surface area contributed by atoms with Gasteiger partial charge in [0.05, 0.1) is 13.5 Å². The maximum absolute atomic E-state index is 13.8. The topological polar surface area (TPSA) is 58.6 Å². The van der Waals surface area contributed by atoms with Crippen molar-refractivity contribution in [3.8, 4) is 5.75 Å². The van der Waals surface area contributed by atoms with Crippen LogP contribution in [0.2, 0.25) is 0 Å². The van der Waals surface area contributed by atoms with Crippen molar-refractivity contribution in [1.82, 2.24) is 10.2 Å². The Balaban J connectivity index is 1.51. The van der Waals surface area contributed by atoms with Gasteiger partial charge in [-0.15, -0.1) is 0 Å². The molecule has 2 aromatic carbocycles. The van der Waals surface area contributed by atoms with Gasteiger partial charge in [-0.1, -0.05) is 24.3 Å². The zero-order valence-electron chi connectivity index (χ0n) is 16.2. The first-order chi connectivity index (χ1) is 13.5. The van der Waals surface area contributed by atoms with E-state index in [0.717, 1.165) is 5.56 Å². The summed E-state index contributed by atoms with van der Waals surface area (Å²) in [6.45, 7) is 3.07. The molecule has 2 amide bonds. The molecule has 0 aliphatic carbocycles. The maximum atomic E-state index is 13.8. The molecule has 1 heterocycles. The van der Waals surface area contributed by atoms with Crippen molar-refractivity contribution in [1.29, 1.82) is 0 Å². The van der Waals surface area contributed by atoms with Crippen molar-refractivity contribution in [2.75, 3.05) is 20.2 Å². The summed E-state index contributed by atoms with van der Waals surface area (Å²) < 4.78 is 18.7. The Morgan fingerprint density at radius 3 is 2.54 bits per heavy atom. The molecule has 0 atom stereocenters. The number of rotatable bonds is 5. The van der Waals surface area contributed by atoms with Gasteiger partial charge in [-0.25, -0.2) is 4.39 Å². The predicted molar refractivity (Wildman–Crippen MR) is 105 cm³/mol. The van der Waals surface area contributed by atoms with Crippen LogP contribution < -0.4 is 10.1 Å². The Kier molecular flexibility index (Phi) is 6.29. The van der Waals surface area contributed by atoms with E-state index in [-0.39, 0.29) is 30.0 Å². The molecule has 3 rings (SSSR count). The highest BCUT2D eigenvalue weighted by atomic mass is 19.1. The lowest BCUT2D eigenvalue weighted by atomic mass is 10.0. The van der Waals surface area contributed by atoms with Crippen LogP contribution in [0.4, 0.5) is 4.39 Å². The van der Waals surface area contributed by atoms with E-state index in [1.54, 1.807) is 11.0 Å². The van der Waals surface area contributed by atoms with Crippen molar-refractivity contribution in [2.45, 2.75) is 32.2 Å². The minimum absolute atomic E-state index is 0.0340.